The first kappa shape index (κ1) is 18.9. The van der Waals surface area contributed by atoms with Gasteiger partial charge in [-0.3, -0.25) is 9.59 Å². The van der Waals surface area contributed by atoms with Crippen LogP contribution in [0, 0.1) is 13.8 Å². The molecule has 3 aromatic rings. The number of aromatic nitrogens is 3. The van der Waals surface area contributed by atoms with E-state index in [4.69, 9.17) is 32.5 Å². The van der Waals surface area contributed by atoms with Crippen molar-refractivity contribution in [3.05, 3.63) is 67.2 Å². The smallest absolute Gasteiger partial charge is 0.388 e. The molecule has 0 saturated carbocycles. The second-order valence-corrected chi connectivity index (χ2v) is 6.53. The fourth-order valence-electron chi connectivity index (χ4n) is 2.52. The van der Waals surface area contributed by atoms with Gasteiger partial charge in [0, 0.05) is 23.7 Å². The number of carbonyl (C=O) groups is 2. The minimum absolute atomic E-state index is 0.0337. The van der Waals surface area contributed by atoms with E-state index in [0.29, 0.717) is 15.5 Å². The van der Waals surface area contributed by atoms with Gasteiger partial charge in [0.1, 0.15) is 11.3 Å². The van der Waals surface area contributed by atoms with Crippen molar-refractivity contribution >= 4 is 35.1 Å². The normalized spacial score (nSPS) is 10.9. The number of halogens is 2. The summed E-state index contributed by atoms with van der Waals surface area (Å²) in [6.07, 6.45) is -1.10. The van der Waals surface area contributed by atoms with Gasteiger partial charge in [0.15, 0.2) is 0 Å². The van der Waals surface area contributed by atoms with Crippen LogP contribution in [0.3, 0.4) is 0 Å². The quantitative estimate of drug-likeness (QED) is 0.615. The van der Waals surface area contributed by atoms with Crippen LogP contribution in [0.1, 0.15) is 27.4 Å². The predicted octanol–water partition coefficient (Wildman–Crippen LogP) is 3.38. The van der Waals surface area contributed by atoms with Crippen molar-refractivity contribution < 1.29 is 18.8 Å². The van der Waals surface area contributed by atoms with Crippen molar-refractivity contribution in [2.45, 2.75) is 13.8 Å². The van der Waals surface area contributed by atoms with E-state index < -0.39 is 17.4 Å². The van der Waals surface area contributed by atoms with Gasteiger partial charge in [-0.05, 0) is 32.0 Å². The lowest BCUT2D eigenvalue weighted by Gasteiger charge is -2.08. The summed E-state index contributed by atoms with van der Waals surface area (Å²) < 4.78 is 11.9. The molecule has 0 amide bonds. The van der Waals surface area contributed by atoms with Crippen LogP contribution in [-0.2, 0) is 7.05 Å². The molecule has 3 rings (SSSR count). The van der Waals surface area contributed by atoms with Gasteiger partial charge in [-0.1, -0.05) is 27.9 Å². The molecular weight excluding hydrogens is 397 g/mol. The van der Waals surface area contributed by atoms with Crippen molar-refractivity contribution in [3.63, 3.8) is 0 Å². The van der Waals surface area contributed by atoms with Gasteiger partial charge >= 0.3 is 6.09 Å². The zero-order valence-corrected chi connectivity index (χ0v) is 16.0. The molecule has 140 valence electrons. The average molecular weight is 410 g/mol. The summed E-state index contributed by atoms with van der Waals surface area (Å²) in [6, 6.07) is 5.54. The molecule has 1 aromatic carbocycles. The summed E-state index contributed by atoms with van der Waals surface area (Å²) in [5.41, 5.74) is -0.170. The monoisotopic (exact) mass is 409 g/mol. The highest BCUT2D eigenvalue weighted by Crippen LogP contribution is 2.29. The topological polar surface area (TPSA) is 96.3 Å². The van der Waals surface area contributed by atoms with Crippen LogP contribution in [0.15, 0.2) is 33.6 Å². The lowest BCUT2D eigenvalue weighted by atomic mass is 10.0. The van der Waals surface area contributed by atoms with E-state index in [2.05, 4.69) is 5.10 Å². The van der Waals surface area contributed by atoms with Crippen molar-refractivity contribution in [2.24, 2.45) is 7.05 Å². The lowest BCUT2D eigenvalue weighted by molar-refractivity contribution is 0.103. The Hall–Kier alpha value is -2.84. The summed E-state index contributed by atoms with van der Waals surface area (Å²) in [5.74, 6) is -0.412. The van der Waals surface area contributed by atoms with E-state index in [9.17, 15) is 14.4 Å². The lowest BCUT2D eigenvalue weighted by Crippen LogP contribution is -2.26. The van der Waals surface area contributed by atoms with Crippen LogP contribution in [0.5, 0.6) is 5.88 Å². The van der Waals surface area contributed by atoms with Crippen LogP contribution in [0.2, 0.25) is 10.0 Å². The van der Waals surface area contributed by atoms with Crippen LogP contribution >= 0.6 is 23.2 Å². The fourth-order valence-corrected chi connectivity index (χ4v) is 3.02. The Labute approximate surface area is 162 Å². The molecule has 0 N–H and O–H groups in total. The van der Waals surface area contributed by atoms with E-state index in [-0.39, 0.29) is 27.8 Å². The third-order valence-corrected chi connectivity index (χ3v) is 4.23. The number of carbonyl (C=O) groups excluding carboxylic acids is 2. The summed E-state index contributed by atoms with van der Waals surface area (Å²) in [7, 11) is 1.49. The Kier molecular flexibility index (Phi) is 4.95. The molecule has 0 atom stereocenters. The molecule has 0 aliphatic carbocycles. The molecule has 27 heavy (non-hydrogen) atoms. The maximum atomic E-state index is 13.0. The van der Waals surface area contributed by atoms with Gasteiger partial charge in [-0.2, -0.15) is 5.10 Å². The van der Waals surface area contributed by atoms with Crippen LogP contribution < -0.4 is 10.3 Å². The molecule has 2 heterocycles. The van der Waals surface area contributed by atoms with Crippen LogP contribution in [0.25, 0.3) is 0 Å². The molecular formula is C17H13Cl2N3O5. The molecule has 0 fully saturated rings. The van der Waals surface area contributed by atoms with Gasteiger partial charge in [0.25, 0.3) is 5.56 Å². The number of aryl methyl sites for hydroxylation is 3. The van der Waals surface area contributed by atoms with E-state index in [1.165, 1.54) is 36.9 Å². The van der Waals surface area contributed by atoms with Gasteiger partial charge in [0.2, 0.25) is 11.7 Å². The van der Waals surface area contributed by atoms with Crippen molar-refractivity contribution in [1.82, 2.24) is 14.5 Å². The molecule has 0 saturated heterocycles. The Morgan fingerprint density at radius 3 is 2.48 bits per heavy atom. The molecule has 8 nitrogen and oxygen atoms in total. The largest absolute Gasteiger partial charge is 0.458 e. The second kappa shape index (κ2) is 7.05. The maximum absolute atomic E-state index is 13.0. The third-order valence-electron chi connectivity index (χ3n) is 3.68. The number of benzene rings is 1. The Balaban J connectivity index is 2.03. The average Bonchev–Trinajstić information content (AvgIpc) is 3.05. The molecule has 0 spiro atoms. The minimum atomic E-state index is -1.10. The number of ether oxygens (including phenoxy) is 1. The van der Waals surface area contributed by atoms with Crippen molar-refractivity contribution in [2.75, 3.05) is 0 Å². The van der Waals surface area contributed by atoms with Crippen molar-refractivity contribution in [3.8, 4) is 5.88 Å². The highest BCUT2D eigenvalue weighted by atomic mass is 35.5. The Morgan fingerprint density at radius 1 is 1.19 bits per heavy atom. The summed E-state index contributed by atoms with van der Waals surface area (Å²) in [5, 5.41) is 4.63. The van der Waals surface area contributed by atoms with E-state index >= 15 is 0 Å². The number of nitrogens with zero attached hydrogens (tertiary/aromatic N) is 3. The first-order valence-electron chi connectivity index (χ1n) is 7.64. The van der Waals surface area contributed by atoms with E-state index in [0.717, 1.165) is 6.07 Å². The van der Waals surface area contributed by atoms with Crippen LogP contribution in [0.4, 0.5) is 4.79 Å². The SMILES string of the molecule is Cc1cc(=O)n(C(=O)Oc2c(C(=O)c3ccc(Cl)cc3Cl)c(C)nn2C)o1. The number of rotatable bonds is 3. The second-order valence-electron chi connectivity index (χ2n) is 5.69. The minimum Gasteiger partial charge on any atom is -0.388 e. The maximum Gasteiger partial charge on any atom is 0.458 e. The standard InChI is InChI=1S/C17H13Cl2N3O5/c1-8-6-13(23)22(27-8)17(25)26-16-14(9(2)20-21(16)3)15(24)11-5-4-10(18)7-12(11)19/h4-7H,1-3H3. The number of hydrogen-bond donors (Lipinski definition) is 0. The predicted molar refractivity (Wildman–Crippen MR) is 97.0 cm³/mol. The summed E-state index contributed by atoms with van der Waals surface area (Å²) in [4.78, 5) is 37.0. The first-order valence-corrected chi connectivity index (χ1v) is 8.40. The zero-order valence-electron chi connectivity index (χ0n) is 14.4. The fraction of sp³-hybridized carbons (Fsp3) is 0.176. The van der Waals surface area contributed by atoms with E-state index in [1.807, 2.05) is 0 Å². The number of hydrogen-bond acceptors (Lipinski definition) is 6. The van der Waals surface area contributed by atoms with Crippen molar-refractivity contribution in [1.29, 1.82) is 0 Å². The summed E-state index contributed by atoms with van der Waals surface area (Å²) in [6.45, 7) is 3.09. The molecule has 0 radical (unpaired) electrons. The highest BCUT2D eigenvalue weighted by Gasteiger charge is 2.27. The first-order chi connectivity index (χ1) is 12.7. The van der Waals surface area contributed by atoms with Crippen LogP contribution in [-0.4, -0.2) is 26.4 Å². The van der Waals surface area contributed by atoms with Gasteiger partial charge < -0.3 is 9.26 Å². The highest BCUT2D eigenvalue weighted by molar-refractivity contribution is 6.37. The molecule has 0 unspecified atom stereocenters. The molecule has 2 aromatic heterocycles. The zero-order chi connectivity index (χ0) is 19.9. The molecule has 10 heteroatoms. The Morgan fingerprint density at radius 2 is 1.89 bits per heavy atom. The van der Waals surface area contributed by atoms with E-state index in [1.54, 1.807) is 6.92 Å². The molecule has 0 aliphatic rings. The Bertz CT molecular complexity index is 1130. The third kappa shape index (κ3) is 3.54. The summed E-state index contributed by atoms with van der Waals surface area (Å²) >= 11 is 12.0. The van der Waals surface area contributed by atoms with Gasteiger partial charge in [-0.25, -0.2) is 9.48 Å². The van der Waals surface area contributed by atoms with Gasteiger partial charge in [0.05, 0.1) is 10.7 Å². The van der Waals surface area contributed by atoms with Gasteiger partial charge in [-0.15, -0.1) is 0 Å². The number of ketones is 1. The molecule has 0 aliphatic heterocycles. The molecule has 0 bridgehead atoms.